The Hall–Kier alpha value is -2.38. The van der Waals surface area contributed by atoms with Gasteiger partial charge < -0.3 is 19.8 Å². The van der Waals surface area contributed by atoms with E-state index in [0.717, 1.165) is 5.57 Å². The number of amides is 1. The molecular weight excluding hydrogens is 336 g/mol. The van der Waals surface area contributed by atoms with E-state index < -0.39 is 11.5 Å². The second-order valence-electron chi connectivity index (χ2n) is 7.26. The van der Waals surface area contributed by atoms with Gasteiger partial charge in [0.05, 0.1) is 5.92 Å². The summed E-state index contributed by atoms with van der Waals surface area (Å²) in [5.74, 6) is -1.48. The molecule has 3 atom stereocenters. The van der Waals surface area contributed by atoms with Crippen LogP contribution in [0.4, 0.5) is 0 Å². The lowest BCUT2D eigenvalue weighted by molar-refractivity contribution is -0.331. The third-order valence-electron chi connectivity index (χ3n) is 6.07. The molecule has 5 rings (SSSR count). The lowest BCUT2D eigenvalue weighted by atomic mass is 9.68. The van der Waals surface area contributed by atoms with Crippen LogP contribution < -0.4 is 5.11 Å². The summed E-state index contributed by atoms with van der Waals surface area (Å²) in [7, 11) is 0. The van der Waals surface area contributed by atoms with Crippen molar-refractivity contribution in [3.05, 3.63) is 46.9 Å². The zero-order valence-electron chi connectivity index (χ0n) is 14.2. The highest BCUT2D eigenvalue weighted by Gasteiger charge is 2.60. The molecule has 0 aromatic heterocycles. The zero-order valence-corrected chi connectivity index (χ0v) is 14.2. The highest BCUT2D eigenvalue weighted by molar-refractivity contribution is 5.96. The first-order chi connectivity index (χ1) is 12.6. The maximum absolute atomic E-state index is 13.0. The average Bonchev–Trinajstić information content (AvgIpc) is 2.99. The fourth-order valence-electron chi connectivity index (χ4n) is 4.98. The maximum atomic E-state index is 13.0. The normalized spacial score (nSPS) is 35.0. The van der Waals surface area contributed by atoms with Gasteiger partial charge in [0, 0.05) is 32.2 Å². The molecule has 0 aromatic rings. The van der Waals surface area contributed by atoms with Crippen LogP contribution in [0, 0.1) is 11.8 Å². The minimum atomic E-state index is -0.974. The van der Waals surface area contributed by atoms with Crippen molar-refractivity contribution in [3.63, 3.8) is 0 Å². The minimum Gasteiger partial charge on any atom is -0.860 e. The first-order valence-corrected chi connectivity index (χ1v) is 8.98. The molecule has 0 bridgehead atoms. The van der Waals surface area contributed by atoms with E-state index in [9.17, 15) is 14.7 Å². The van der Waals surface area contributed by atoms with Gasteiger partial charge in [0.25, 0.3) is 0 Å². The summed E-state index contributed by atoms with van der Waals surface area (Å²) in [5.41, 5.74) is 1.05. The number of hydrogen-bond donors (Lipinski definition) is 1. The molecule has 26 heavy (non-hydrogen) atoms. The molecule has 1 spiro atoms. The van der Waals surface area contributed by atoms with Crippen LogP contribution in [0.5, 0.6) is 0 Å². The maximum Gasteiger partial charge on any atom is 0.335 e. The van der Waals surface area contributed by atoms with Gasteiger partial charge in [-0.3, -0.25) is 9.69 Å². The first-order valence-electron chi connectivity index (χ1n) is 8.98. The third kappa shape index (κ3) is 1.74. The molecule has 0 saturated carbocycles. The van der Waals surface area contributed by atoms with Gasteiger partial charge in [-0.05, 0) is 35.1 Å². The molecule has 5 aliphatic rings. The van der Waals surface area contributed by atoms with Gasteiger partial charge in [0.1, 0.15) is 6.61 Å². The van der Waals surface area contributed by atoms with Crippen molar-refractivity contribution in [1.29, 1.82) is 0 Å². The molecule has 7 nitrogen and oxygen atoms in total. The van der Waals surface area contributed by atoms with Gasteiger partial charge >= 0.3 is 5.97 Å². The summed E-state index contributed by atoms with van der Waals surface area (Å²) in [5, 5.41) is 22.0. The van der Waals surface area contributed by atoms with Crippen molar-refractivity contribution in [1.82, 2.24) is 9.80 Å². The number of carbonyl (C=O) groups excluding carboxylic acids is 2. The number of carbonyl (C=O) groups is 2. The summed E-state index contributed by atoms with van der Waals surface area (Å²) >= 11 is 0. The van der Waals surface area contributed by atoms with Crippen LogP contribution in [0.15, 0.2) is 46.9 Å². The van der Waals surface area contributed by atoms with E-state index in [1.165, 1.54) is 4.90 Å². The predicted molar refractivity (Wildman–Crippen MR) is 88.0 cm³/mol. The summed E-state index contributed by atoms with van der Waals surface area (Å²) in [6.45, 7) is 1.80. The number of ether oxygens (including phenoxy) is 1. The quantitative estimate of drug-likeness (QED) is 0.519. The summed E-state index contributed by atoms with van der Waals surface area (Å²) in [6.07, 6.45) is 7.67. The van der Waals surface area contributed by atoms with Gasteiger partial charge in [0.2, 0.25) is 5.91 Å². The third-order valence-corrected chi connectivity index (χ3v) is 6.07. The van der Waals surface area contributed by atoms with Crippen molar-refractivity contribution < 1.29 is 24.5 Å². The molecule has 2 aliphatic carbocycles. The van der Waals surface area contributed by atoms with E-state index in [0.29, 0.717) is 37.3 Å². The summed E-state index contributed by atoms with van der Waals surface area (Å²) in [6, 6.07) is 0. The fourth-order valence-corrected chi connectivity index (χ4v) is 4.98. The predicted octanol–water partition coefficient (Wildman–Crippen LogP) is -0.937. The largest absolute Gasteiger partial charge is 0.860 e. The standard InChI is InChI=1S/C19H20N2O5/c22-8-1-6-21-16(23)12-3-2-11-10-20-7-9-26-18(25)19(20)5-4-13(17(21)24)14(12)15(11)19/h2-5,11-12,22,24H,1,6-10H2/p-1. The van der Waals surface area contributed by atoms with Gasteiger partial charge in [-0.1, -0.05) is 18.2 Å². The summed E-state index contributed by atoms with van der Waals surface area (Å²) < 4.78 is 5.36. The molecule has 7 heteroatoms. The molecule has 3 aliphatic heterocycles. The average molecular weight is 355 g/mol. The number of esters is 1. The molecule has 2 saturated heterocycles. The van der Waals surface area contributed by atoms with Crippen LogP contribution in [-0.2, 0) is 14.3 Å². The zero-order chi connectivity index (χ0) is 18.1. The molecule has 1 N–H and O–H groups in total. The number of aliphatic hydroxyl groups excluding tert-OH is 1. The Balaban J connectivity index is 1.71. The van der Waals surface area contributed by atoms with E-state index >= 15 is 0 Å². The number of hydrogen-bond acceptors (Lipinski definition) is 6. The lowest BCUT2D eigenvalue weighted by Crippen LogP contribution is -2.58. The molecule has 136 valence electrons. The number of aliphatic hydroxyl groups is 1. The Morgan fingerprint density at radius 3 is 3.00 bits per heavy atom. The van der Waals surface area contributed by atoms with Crippen LogP contribution in [-0.4, -0.2) is 65.2 Å². The van der Waals surface area contributed by atoms with E-state index in [1.807, 2.05) is 12.2 Å². The Bertz CT molecular complexity index is 839. The monoisotopic (exact) mass is 355 g/mol. The molecule has 3 heterocycles. The number of allylic oxidation sites excluding steroid dienone is 2. The molecule has 1 amide bonds. The number of nitrogens with zero attached hydrogens (tertiary/aromatic N) is 2. The molecule has 3 unspecified atom stereocenters. The lowest BCUT2D eigenvalue weighted by Gasteiger charge is -2.47. The van der Waals surface area contributed by atoms with Crippen LogP contribution in [0.25, 0.3) is 0 Å². The van der Waals surface area contributed by atoms with Gasteiger partial charge in [-0.15, -0.1) is 0 Å². The van der Waals surface area contributed by atoms with Gasteiger partial charge in [-0.2, -0.15) is 0 Å². The van der Waals surface area contributed by atoms with Crippen molar-refractivity contribution in [2.75, 3.05) is 32.8 Å². The smallest absolute Gasteiger partial charge is 0.335 e. The highest BCUT2D eigenvalue weighted by Crippen LogP contribution is 2.53. The molecule has 0 radical (unpaired) electrons. The molecule has 2 fully saturated rings. The number of rotatable bonds is 3. The van der Waals surface area contributed by atoms with E-state index in [-0.39, 0.29) is 36.8 Å². The number of morpholine rings is 1. The van der Waals surface area contributed by atoms with Crippen LogP contribution in [0.2, 0.25) is 0 Å². The number of cyclic esters (lactones) is 1. The minimum absolute atomic E-state index is 0.0106. The van der Waals surface area contributed by atoms with Crippen molar-refractivity contribution in [2.24, 2.45) is 11.8 Å². The van der Waals surface area contributed by atoms with Crippen LogP contribution in [0.1, 0.15) is 6.42 Å². The second-order valence-corrected chi connectivity index (χ2v) is 7.26. The van der Waals surface area contributed by atoms with Crippen LogP contribution >= 0.6 is 0 Å². The topological polar surface area (TPSA) is 93.1 Å². The molecular formula is C19H19N2O5-. The van der Waals surface area contributed by atoms with Crippen LogP contribution in [0.3, 0.4) is 0 Å². The van der Waals surface area contributed by atoms with Gasteiger partial charge in [0.15, 0.2) is 5.54 Å². The van der Waals surface area contributed by atoms with Crippen molar-refractivity contribution >= 4 is 11.9 Å². The van der Waals surface area contributed by atoms with Gasteiger partial charge in [-0.25, -0.2) is 4.79 Å². The van der Waals surface area contributed by atoms with Crippen molar-refractivity contribution in [3.8, 4) is 0 Å². The van der Waals surface area contributed by atoms with E-state index in [4.69, 9.17) is 9.84 Å². The first kappa shape index (κ1) is 15.8. The van der Waals surface area contributed by atoms with E-state index in [2.05, 4.69) is 4.90 Å². The summed E-state index contributed by atoms with van der Waals surface area (Å²) in [4.78, 5) is 29.0. The van der Waals surface area contributed by atoms with E-state index in [1.54, 1.807) is 12.2 Å². The molecule has 0 aromatic carbocycles. The highest BCUT2D eigenvalue weighted by atomic mass is 16.5. The Labute approximate surface area is 150 Å². The Morgan fingerprint density at radius 1 is 1.35 bits per heavy atom. The SMILES string of the molecule is O=C1C2C=CC3CN4CCOC(=O)C45C=CC(=C([O-])N1CCCO)C2=C35. The van der Waals surface area contributed by atoms with Crippen molar-refractivity contribution in [2.45, 2.75) is 12.0 Å². The second kappa shape index (κ2) is 5.31. The Morgan fingerprint density at radius 2 is 2.19 bits per heavy atom. The fraction of sp³-hybridized carbons (Fsp3) is 0.474. The Kier molecular flexibility index (Phi) is 3.24.